The first kappa shape index (κ1) is 19.0. The average Bonchev–Trinajstić information content (AvgIpc) is 2.99. The summed E-state index contributed by atoms with van der Waals surface area (Å²) in [5, 5.41) is 13.9. The molecule has 8 heteroatoms. The van der Waals surface area contributed by atoms with Crippen molar-refractivity contribution in [1.82, 2.24) is 10.3 Å². The van der Waals surface area contributed by atoms with Crippen LogP contribution in [0.2, 0.25) is 0 Å². The highest BCUT2D eigenvalue weighted by Crippen LogP contribution is 2.39. The normalized spacial score (nSPS) is 16.3. The Kier molecular flexibility index (Phi) is 5.81. The fourth-order valence-corrected chi connectivity index (χ4v) is 2.93. The number of pyridine rings is 1. The average molecular weight is 351 g/mol. The van der Waals surface area contributed by atoms with Gasteiger partial charge in [-0.15, -0.1) is 0 Å². The van der Waals surface area contributed by atoms with Crippen molar-refractivity contribution < 1.29 is 19.2 Å². The SMILES string of the molecule is CC(C)(C)OC(=O)NCC1(COc2ccncc2[N+](=O)[O-])CCCC1. The van der Waals surface area contributed by atoms with Gasteiger partial charge in [-0.25, -0.2) is 4.79 Å². The van der Waals surface area contributed by atoms with E-state index in [1.165, 1.54) is 18.5 Å². The maximum Gasteiger partial charge on any atom is 0.407 e. The van der Waals surface area contributed by atoms with Crippen molar-refractivity contribution in [2.24, 2.45) is 5.41 Å². The Morgan fingerprint density at radius 2 is 2.08 bits per heavy atom. The topological polar surface area (TPSA) is 104 Å². The molecule has 8 nitrogen and oxygen atoms in total. The van der Waals surface area contributed by atoms with Crippen molar-refractivity contribution in [2.75, 3.05) is 13.2 Å². The largest absolute Gasteiger partial charge is 0.486 e. The molecule has 0 spiro atoms. The number of alkyl carbamates (subject to hydrolysis) is 1. The predicted molar refractivity (Wildman–Crippen MR) is 91.5 cm³/mol. The number of carbonyl (C=O) groups is 1. The van der Waals surface area contributed by atoms with E-state index in [1.54, 1.807) is 0 Å². The van der Waals surface area contributed by atoms with Crippen molar-refractivity contribution in [3.63, 3.8) is 0 Å². The maximum absolute atomic E-state index is 11.9. The molecule has 0 atom stereocenters. The van der Waals surface area contributed by atoms with Crippen LogP contribution in [-0.2, 0) is 4.74 Å². The summed E-state index contributed by atoms with van der Waals surface area (Å²) in [6, 6.07) is 1.49. The number of rotatable bonds is 6. The monoisotopic (exact) mass is 351 g/mol. The number of amides is 1. The zero-order valence-electron chi connectivity index (χ0n) is 14.9. The summed E-state index contributed by atoms with van der Waals surface area (Å²) in [6.07, 6.45) is 6.03. The van der Waals surface area contributed by atoms with E-state index < -0.39 is 16.6 Å². The van der Waals surface area contributed by atoms with E-state index in [9.17, 15) is 14.9 Å². The number of ether oxygens (including phenoxy) is 2. The minimum atomic E-state index is -0.554. The molecule has 138 valence electrons. The number of carbonyl (C=O) groups excluding carboxylic acids is 1. The van der Waals surface area contributed by atoms with Gasteiger partial charge in [-0.2, -0.15) is 0 Å². The van der Waals surface area contributed by atoms with E-state index in [4.69, 9.17) is 9.47 Å². The molecule has 0 unspecified atom stereocenters. The van der Waals surface area contributed by atoms with E-state index in [0.717, 1.165) is 25.7 Å². The molecule has 1 aromatic rings. The third-order valence-corrected chi connectivity index (χ3v) is 4.16. The van der Waals surface area contributed by atoms with Crippen LogP contribution in [0, 0.1) is 15.5 Å². The third-order valence-electron chi connectivity index (χ3n) is 4.16. The molecule has 1 aliphatic rings. The summed E-state index contributed by atoms with van der Waals surface area (Å²) in [6.45, 7) is 6.14. The Hall–Kier alpha value is -2.38. The lowest BCUT2D eigenvalue weighted by atomic mass is 9.87. The molecule has 1 aromatic heterocycles. The second-order valence-corrected chi connectivity index (χ2v) is 7.45. The number of aromatic nitrogens is 1. The minimum Gasteiger partial charge on any atom is -0.486 e. The van der Waals surface area contributed by atoms with Gasteiger partial charge in [0.2, 0.25) is 0 Å². The molecular weight excluding hydrogens is 326 g/mol. The first-order valence-corrected chi connectivity index (χ1v) is 8.39. The molecule has 1 saturated carbocycles. The number of nitrogens with one attached hydrogen (secondary N) is 1. The van der Waals surface area contributed by atoms with Crippen LogP contribution in [0.5, 0.6) is 5.75 Å². The molecule has 1 N–H and O–H groups in total. The van der Waals surface area contributed by atoms with Gasteiger partial charge in [0, 0.05) is 24.2 Å². The van der Waals surface area contributed by atoms with Crippen molar-refractivity contribution in [2.45, 2.75) is 52.1 Å². The fourth-order valence-electron chi connectivity index (χ4n) is 2.93. The summed E-state index contributed by atoms with van der Waals surface area (Å²) < 4.78 is 11.0. The molecule has 25 heavy (non-hydrogen) atoms. The van der Waals surface area contributed by atoms with Crippen LogP contribution in [0.15, 0.2) is 18.5 Å². The number of nitro groups is 1. The van der Waals surface area contributed by atoms with Crippen LogP contribution in [0.1, 0.15) is 46.5 Å². The summed E-state index contributed by atoms with van der Waals surface area (Å²) in [4.78, 5) is 26.2. The Bertz CT molecular complexity index is 621. The Balaban J connectivity index is 1.99. The van der Waals surface area contributed by atoms with E-state index in [1.807, 2.05) is 20.8 Å². The highest BCUT2D eigenvalue weighted by molar-refractivity contribution is 5.67. The van der Waals surface area contributed by atoms with E-state index in [2.05, 4.69) is 10.3 Å². The number of hydrogen-bond acceptors (Lipinski definition) is 6. The Labute approximate surface area is 147 Å². The predicted octanol–water partition coefficient (Wildman–Crippen LogP) is 3.45. The summed E-state index contributed by atoms with van der Waals surface area (Å²) >= 11 is 0. The van der Waals surface area contributed by atoms with Crippen molar-refractivity contribution in [1.29, 1.82) is 0 Å². The lowest BCUT2D eigenvalue weighted by molar-refractivity contribution is -0.386. The van der Waals surface area contributed by atoms with Crippen molar-refractivity contribution in [3.8, 4) is 5.75 Å². The summed E-state index contributed by atoms with van der Waals surface area (Å²) in [5.41, 5.74) is -0.953. The van der Waals surface area contributed by atoms with Gasteiger partial charge in [0.25, 0.3) is 0 Å². The zero-order valence-corrected chi connectivity index (χ0v) is 14.9. The second-order valence-electron chi connectivity index (χ2n) is 7.45. The van der Waals surface area contributed by atoms with Gasteiger partial charge < -0.3 is 14.8 Å². The van der Waals surface area contributed by atoms with Gasteiger partial charge in [-0.05, 0) is 33.6 Å². The fraction of sp³-hybridized carbons (Fsp3) is 0.647. The van der Waals surface area contributed by atoms with Crippen LogP contribution in [0.4, 0.5) is 10.5 Å². The molecule has 0 bridgehead atoms. The quantitative estimate of drug-likeness (QED) is 0.622. The molecular formula is C17H25N3O5. The molecule has 1 fully saturated rings. The van der Waals surface area contributed by atoms with E-state index in [0.29, 0.717) is 13.2 Å². The second kappa shape index (κ2) is 7.67. The van der Waals surface area contributed by atoms with Gasteiger partial charge >= 0.3 is 11.8 Å². The first-order valence-electron chi connectivity index (χ1n) is 8.39. The Morgan fingerprint density at radius 1 is 1.40 bits per heavy atom. The van der Waals surface area contributed by atoms with Gasteiger partial charge in [0.05, 0.1) is 11.5 Å². The highest BCUT2D eigenvalue weighted by Gasteiger charge is 2.36. The smallest absolute Gasteiger partial charge is 0.407 e. The van der Waals surface area contributed by atoms with Crippen LogP contribution in [-0.4, -0.2) is 34.8 Å². The van der Waals surface area contributed by atoms with Crippen molar-refractivity contribution in [3.05, 3.63) is 28.6 Å². The summed E-state index contributed by atoms with van der Waals surface area (Å²) in [5.74, 6) is 0.198. The van der Waals surface area contributed by atoms with Crippen LogP contribution in [0.25, 0.3) is 0 Å². The lowest BCUT2D eigenvalue weighted by Crippen LogP contribution is -2.42. The first-order chi connectivity index (χ1) is 11.7. The highest BCUT2D eigenvalue weighted by atomic mass is 16.6. The standard InChI is InChI=1S/C17H25N3O5/c1-16(2,3)25-15(21)19-11-17(7-4-5-8-17)12-24-14-6-9-18-10-13(14)20(22)23/h6,9-10H,4-5,7-8,11-12H2,1-3H3,(H,19,21). The third kappa shape index (κ3) is 5.58. The lowest BCUT2D eigenvalue weighted by Gasteiger charge is -2.29. The van der Waals surface area contributed by atoms with Gasteiger partial charge in [0.15, 0.2) is 5.75 Å². The minimum absolute atomic E-state index is 0.157. The van der Waals surface area contributed by atoms with Gasteiger partial charge in [0.1, 0.15) is 11.8 Å². The van der Waals surface area contributed by atoms with E-state index >= 15 is 0 Å². The molecule has 0 radical (unpaired) electrons. The molecule has 1 amide bonds. The van der Waals surface area contributed by atoms with Crippen LogP contribution in [0.3, 0.4) is 0 Å². The number of hydrogen-bond donors (Lipinski definition) is 1. The van der Waals surface area contributed by atoms with Crippen molar-refractivity contribution >= 4 is 11.8 Å². The molecule has 1 aliphatic carbocycles. The van der Waals surface area contributed by atoms with Crippen LogP contribution >= 0.6 is 0 Å². The zero-order chi connectivity index (χ0) is 18.5. The van der Waals surface area contributed by atoms with Crippen LogP contribution < -0.4 is 10.1 Å². The molecule has 1 heterocycles. The number of nitrogens with zero attached hydrogens (tertiary/aromatic N) is 2. The molecule has 0 aromatic carbocycles. The maximum atomic E-state index is 11.9. The molecule has 0 saturated heterocycles. The Morgan fingerprint density at radius 3 is 2.68 bits per heavy atom. The van der Waals surface area contributed by atoms with Gasteiger partial charge in [-0.3, -0.25) is 15.1 Å². The summed E-state index contributed by atoms with van der Waals surface area (Å²) in [7, 11) is 0. The van der Waals surface area contributed by atoms with Gasteiger partial charge in [-0.1, -0.05) is 12.8 Å². The molecule has 2 rings (SSSR count). The van der Waals surface area contributed by atoms with E-state index in [-0.39, 0.29) is 16.9 Å². The molecule has 0 aliphatic heterocycles.